The molecule has 1 aromatic heterocycles. The minimum Gasteiger partial charge on any atom is -0.398 e. The Morgan fingerprint density at radius 3 is 3.05 bits per heavy atom. The maximum absolute atomic E-state index is 9.75. The average Bonchev–Trinajstić information content (AvgIpc) is 2.47. The summed E-state index contributed by atoms with van der Waals surface area (Å²) < 4.78 is 0.925. The predicted molar refractivity (Wildman–Crippen MR) is 90.3 cm³/mol. The zero-order valence-corrected chi connectivity index (χ0v) is 13.4. The number of fused-ring (bicyclic) bond motifs is 1. The lowest BCUT2D eigenvalue weighted by atomic mass is 9.87. The molecule has 1 heterocycles. The van der Waals surface area contributed by atoms with E-state index >= 15 is 0 Å². The highest BCUT2D eigenvalue weighted by molar-refractivity contribution is 9.10. The number of nitrogen functional groups attached to an aromatic ring is 1. The smallest absolute Gasteiger partial charge is 0.0954 e. The van der Waals surface area contributed by atoms with Gasteiger partial charge in [0, 0.05) is 28.3 Å². The molecule has 21 heavy (non-hydrogen) atoms. The van der Waals surface area contributed by atoms with E-state index < -0.39 is 0 Å². The molecular weight excluding hydrogens is 330 g/mol. The molecule has 0 spiro atoms. The van der Waals surface area contributed by atoms with Crippen molar-refractivity contribution in [3.8, 4) is 0 Å². The van der Waals surface area contributed by atoms with Gasteiger partial charge < -0.3 is 16.2 Å². The van der Waals surface area contributed by atoms with Crippen LogP contribution in [-0.4, -0.2) is 22.7 Å². The van der Waals surface area contributed by atoms with Gasteiger partial charge in [-0.25, -0.2) is 0 Å². The van der Waals surface area contributed by atoms with Crippen LogP contribution in [0.3, 0.4) is 0 Å². The highest BCUT2D eigenvalue weighted by atomic mass is 79.9. The fourth-order valence-corrected chi connectivity index (χ4v) is 3.39. The first-order chi connectivity index (χ1) is 10.1. The third kappa shape index (κ3) is 3.30. The highest BCUT2D eigenvalue weighted by Gasteiger charge is 2.20. The minimum atomic E-state index is -0.136. The van der Waals surface area contributed by atoms with Crippen molar-refractivity contribution in [2.24, 2.45) is 5.92 Å². The Balaban J connectivity index is 1.79. The minimum absolute atomic E-state index is 0.136. The highest BCUT2D eigenvalue weighted by Crippen LogP contribution is 2.30. The molecular formula is C16H20BrN3O. The number of hydrogen-bond acceptors (Lipinski definition) is 4. The molecule has 1 aromatic carbocycles. The number of nitrogens with zero attached hydrogens (tertiary/aromatic N) is 1. The van der Waals surface area contributed by atoms with E-state index in [1.165, 1.54) is 6.42 Å². The van der Waals surface area contributed by atoms with Crippen molar-refractivity contribution in [2.75, 3.05) is 17.6 Å². The van der Waals surface area contributed by atoms with Crippen LogP contribution in [0.5, 0.6) is 0 Å². The number of nitrogens with two attached hydrogens (primary N) is 1. The summed E-state index contributed by atoms with van der Waals surface area (Å²) in [5.74, 6) is 0.525. The second kappa shape index (κ2) is 6.20. The summed E-state index contributed by atoms with van der Waals surface area (Å²) in [5.41, 5.74) is 8.67. The van der Waals surface area contributed by atoms with Crippen LogP contribution in [0.15, 0.2) is 28.9 Å². The van der Waals surface area contributed by atoms with Crippen molar-refractivity contribution in [1.29, 1.82) is 0 Å². The van der Waals surface area contributed by atoms with E-state index in [0.29, 0.717) is 5.92 Å². The maximum atomic E-state index is 9.75. The molecule has 0 bridgehead atoms. The van der Waals surface area contributed by atoms with Gasteiger partial charge in [-0.05, 0) is 59.3 Å². The molecule has 0 radical (unpaired) electrons. The van der Waals surface area contributed by atoms with Gasteiger partial charge in [0.1, 0.15) is 0 Å². The second-order valence-corrected chi connectivity index (χ2v) is 6.74. The number of halogens is 1. The lowest BCUT2D eigenvalue weighted by molar-refractivity contribution is 0.105. The van der Waals surface area contributed by atoms with Crippen molar-refractivity contribution in [2.45, 2.75) is 31.8 Å². The Hall–Kier alpha value is -1.33. The summed E-state index contributed by atoms with van der Waals surface area (Å²) >= 11 is 3.43. The van der Waals surface area contributed by atoms with Gasteiger partial charge in [-0.15, -0.1) is 0 Å². The molecule has 0 amide bonds. The average molecular weight is 350 g/mol. The SMILES string of the molecule is Nc1ccc(NCC2CCCC(O)C2)c2ncc(Br)cc12. The molecule has 5 heteroatoms. The lowest BCUT2D eigenvalue weighted by Crippen LogP contribution is -2.25. The van der Waals surface area contributed by atoms with E-state index in [9.17, 15) is 5.11 Å². The van der Waals surface area contributed by atoms with E-state index in [4.69, 9.17) is 5.73 Å². The summed E-state index contributed by atoms with van der Waals surface area (Å²) in [6.45, 7) is 0.869. The van der Waals surface area contributed by atoms with Crippen molar-refractivity contribution in [3.05, 3.63) is 28.9 Å². The fraction of sp³-hybridized carbons (Fsp3) is 0.438. The maximum Gasteiger partial charge on any atom is 0.0954 e. The Kier molecular flexibility index (Phi) is 4.31. The number of aromatic nitrogens is 1. The number of aliphatic hydroxyl groups excluding tert-OH is 1. The molecule has 1 fully saturated rings. The fourth-order valence-electron chi connectivity index (χ4n) is 3.06. The third-order valence-corrected chi connectivity index (χ3v) is 4.62. The number of hydrogen-bond donors (Lipinski definition) is 3. The summed E-state index contributed by atoms with van der Waals surface area (Å²) in [7, 11) is 0. The Labute approximate surface area is 132 Å². The first-order valence-electron chi connectivity index (χ1n) is 7.39. The Morgan fingerprint density at radius 2 is 2.24 bits per heavy atom. The molecule has 2 atom stereocenters. The van der Waals surface area contributed by atoms with Crippen LogP contribution >= 0.6 is 15.9 Å². The van der Waals surface area contributed by atoms with Gasteiger partial charge in [-0.3, -0.25) is 4.98 Å². The van der Waals surface area contributed by atoms with Crippen LogP contribution in [0.25, 0.3) is 10.9 Å². The molecule has 1 aliphatic carbocycles. The van der Waals surface area contributed by atoms with Gasteiger partial charge in [-0.1, -0.05) is 6.42 Å². The molecule has 2 unspecified atom stereocenters. The van der Waals surface area contributed by atoms with Crippen molar-refractivity contribution in [1.82, 2.24) is 4.98 Å². The first kappa shape index (κ1) is 14.6. The quantitative estimate of drug-likeness (QED) is 0.741. The van der Waals surface area contributed by atoms with Gasteiger partial charge in [-0.2, -0.15) is 0 Å². The van der Waals surface area contributed by atoms with Crippen LogP contribution in [0.1, 0.15) is 25.7 Å². The number of rotatable bonds is 3. The summed E-state index contributed by atoms with van der Waals surface area (Å²) in [6, 6.07) is 5.89. The molecule has 1 saturated carbocycles. The number of aliphatic hydroxyl groups is 1. The number of nitrogens with one attached hydrogen (secondary N) is 1. The van der Waals surface area contributed by atoms with Gasteiger partial charge in [0.15, 0.2) is 0 Å². The molecule has 0 saturated heterocycles. The monoisotopic (exact) mass is 349 g/mol. The van der Waals surface area contributed by atoms with E-state index in [-0.39, 0.29) is 6.10 Å². The van der Waals surface area contributed by atoms with E-state index in [0.717, 1.165) is 52.6 Å². The molecule has 4 nitrogen and oxygen atoms in total. The van der Waals surface area contributed by atoms with Crippen LogP contribution in [0, 0.1) is 5.92 Å². The molecule has 1 aliphatic rings. The zero-order valence-electron chi connectivity index (χ0n) is 11.8. The number of pyridine rings is 1. The van der Waals surface area contributed by atoms with E-state index in [2.05, 4.69) is 26.2 Å². The molecule has 0 aliphatic heterocycles. The largest absolute Gasteiger partial charge is 0.398 e. The molecule has 2 aromatic rings. The Bertz CT molecular complexity index is 647. The normalized spacial score (nSPS) is 22.4. The summed E-state index contributed by atoms with van der Waals surface area (Å²) in [6.07, 6.45) is 5.77. The van der Waals surface area contributed by atoms with Gasteiger partial charge in [0.05, 0.1) is 17.3 Å². The van der Waals surface area contributed by atoms with Crippen LogP contribution in [-0.2, 0) is 0 Å². The van der Waals surface area contributed by atoms with Crippen LogP contribution in [0.4, 0.5) is 11.4 Å². The topological polar surface area (TPSA) is 71.2 Å². The van der Waals surface area contributed by atoms with Crippen LogP contribution in [0.2, 0.25) is 0 Å². The van der Waals surface area contributed by atoms with Gasteiger partial charge >= 0.3 is 0 Å². The van der Waals surface area contributed by atoms with Crippen molar-refractivity contribution >= 4 is 38.2 Å². The molecule has 112 valence electrons. The molecule has 3 rings (SSSR count). The predicted octanol–water partition coefficient (Wildman–Crippen LogP) is 3.54. The number of benzene rings is 1. The zero-order chi connectivity index (χ0) is 14.8. The first-order valence-corrected chi connectivity index (χ1v) is 8.18. The number of anilines is 2. The van der Waals surface area contributed by atoms with E-state index in [1.54, 1.807) is 6.20 Å². The van der Waals surface area contributed by atoms with E-state index in [1.807, 2.05) is 18.2 Å². The third-order valence-electron chi connectivity index (χ3n) is 4.19. The van der Waals surface area contributed by atoms with Gasteiger partial charge in [0.25, 0.3) is 0 Å². The summed E-state index contributed by atoms with van der Waals surface area (Å²) in [4.78, 5) is 4.48. The second-order valence-electron chi connectivity index (χ2n) is 5.82. The summed E-state index contributed by atoms with van der Waals surface area (Å²) in [5, 5.41) is 14.2. The van der Waals surface area contributed by atoms with Crippen molar-refractivity contribution in [3.63, 3.8) is 0 Å². The Morgan fingerprint density at radius 1 is 1.38 bits per heavy atom. The molecule has 4 N–H and O–H groups in total. The van der Waals surface area contributed by atoms with Crippen molar-refractivity contribution < 1.29 is 5.11 Å². The lowest BCUT2D eigenvalue weighted by Gasteiger charge is -2.26. The van der Waals surface area contributed by atoms with Gasteiger partial charge in [0.2, 0.25) is 0 Å². The van der Waals surface area contributed by atoms with Crippen LogP contribution < -0.4 is 11.1 Å². The standard InChI is InChI=1S/C16H20BrN3O/c17-11-7-13-14(18)4-5-15(16(13)20-9-11)19-8-10-2-1-3-12(21)6-10/h4-5,7,9-10,12,19,21H,1-3,6,8,18H2.